The van der Waals surface area contributed by atoms with Gasteiger partial charge in [0.15, 0.2) is 0 Å². The van der Waals surface area contributed by atoms with Crippen molar-refractivity contribution in [1.82, 2.24) is 0 Å². The predicted octanol–water partition coefficient (Wildman–Crippen LogP) is -1.53. The standard InChI is InChI=1S/C4H10N3.ClH.Pt/c5-1-3-7-4-2-6;;/h5-6H,1-4H2;1H;/q-3;;+4/p-1. The summed E-state index contributed by atoms with van der Waals surface area (Å²) in [7, 11) is 0. The zero-order valence-electron chi connectivity index (χ0n) is 4.97. The van der Waals surface area contributed by atoms with E-state index in [1.807, 2.05) is 0 Å². The zero-order chi connectivity index (χ0) is 5.54. The molecule has 3 nitrogen and oxygen atoms in total. The van der Waals surface area contributed by atoms with Crippen molar-refractivity contribution in [2.75, 3.05) is 26.2 Å². The molecule has 0 spiro atoms. The molecule has 58 valence electrons. The molecule has 0 aliphatic carbocycles. The normalized spacial score (nSPS) is 7.33. The summed E-state index contributed by atoms with van der Waals surface area (Å²) in [5.41, 5.74) is 13.3. The van der Waals surface area contributed by atoms with Gasteiger partial charge in [0.1, 0.15) is 0 Å². The van der Waals surface area contributed by atoms with Gasteiger partial charge >= 0.3 is 21.1 Å². The van der Waals surface area contributed by atoms with Gasteiger partial charge in [0.25, 0.3) is 0 Å². The third kappa shape index (κ3) is 17.7. The molecule has 0 saturated heterocycles. The molecule has 0 aromatic rings. The maximum atomic E-state index is 6.63. The van der Waals surface area contributed by atoms with Gasteiger partial charge in [0, 0.05) is 0 Å². The van der Waals surface area contributed by atoms with Crippen molar-refractivity contribution in [3.63, 3.8) is 0 Å². The molecular formula is C4H10ClN3Pt. The second-order valence-electron chi connectivity index (χ2n) is 1.17. The number of rotatable bonds is 4. The van der Waals surface area contributed by atoms with E-state index in [-0.39, 0.29) is 33.5 Å². The SMILES string of the molecule is [Cl-].[NH-]CC[N-]CC[NH-].[Pt+4]. The minimum Gasteiger partial charge on any atom is -1.00 e. The van der Waals surface area contributed by atoms with Gasteiger partial charge < -0.3 is 29.2 Å². The van der Waals surface area contributed by atoms with E-state index in [4.69, 9.17) is 11.5 Å². The molecule has 5 heteroatoms. The van der Waals surface area contributed by atoms with Crippen LogP contribution in [0.25, 0.3) is 16.8 Å². The first-order valence-corrected chi connectivity index (χ1v) is 2.34. The zero-order valence-corrected chi connectivity index (χ0v) is 8.00. The van der Waals surface area contributed by atoms with Crippen molar-refractivity contribution >= 4 is 0 Å². The Kier molecular flexibility index (Phi) is 29.1. The number of hydrogen-bond donors (Lipinski definition) is 0. The Morgan fingerprint density at radius 3 is 1.56 bits per heavy atom. The summed E-state index contributed by atoms with van der Waals surface area (Å²) < 4.78 is 0. The summed E-state index contributed by atoms with van der Waals surface area (Å²) in [6.07, 6.45) is 0. The molecule has 0 aromatic heterocycles. The summed E-state index contributed by atoms with van der Waals surface area (Å²) in [6.45, 7) is 1.91. The minimum absolute atomic E-state index is 0. The molecule has 9 heavy (non-hydrogen) atoms. The second kappa shape index (κ2) is 15.9. The molecule has 0 atom stereocenters. The van der Waals surface area contributed by atoms with Crippen LogP contribution in [0.5, 0.6) is 0 Å². The summed E-state index contributed by atoms with van der Waals surface area (Å²) in [5, 5.41) is 3.83. The summed E-state index contributed by atoms with van der Waals surface area (Å²) >= 11 is 0. The van der Waals surface area contributed by atoms with E-state index < -0.39 is 0 Å². The molecule has 0 amide bonds. The van der Waals surface area contributed by atoms with Crippen LogP contribution in [0.4, 0.5) is 0 Å². The van der Waals surface area contributed by atoms with E-state index in [0.717, 1.165) is 0 Å². The van der Waals surface area contributed by atoms with E-state index in [2.05, 4.69) is 5.32 Å². The van der Waals surface area contributed by atoms with Gasteiger partial charge in [-0.2, -0.15) is 26.2 Å². The molecule has 0 heterocycles. The molecule has 2 N–H and O–H groups in total. The summed E-state index contributed by atoms with van der Waals surface area (Å²) in [5.74, 6) is 0. The molecule has 0 aliphatic rings. The van der Waals surface area contributed by atoms with E-state index in [9.17, 15) is 0 Å². The summed E-state index contributed by atoms with van der Waals surface area (Å²) in [4.78, 5) is 0. The average Bonchev–Trinajstić information content (AvgIpc) is 1.69. The van der Waals surface area contributed by atoms with Crippen molar-refractivity contribution in [2.45, 2.75) is 0 Å². The van der Waals surface area contributed by atoms with Gasteiger partial charge in [-0.3, -0.25) is 0 Å². The van der Waals surface area contributed by atoms with Crippen molar-refractivity contribution in [3.05, 3.63) is 16.8 Å². The molecule has 0 aliphatic heterocycles. The van der Waals surface area contributed by atoms with Crippen LogP contribution in [-0.4, -0.2) is 26.2 Å². The van der Waals surface area contributed by atoms with E-state index in [1.54, 1.807) is 0 Å². The fraction of sp³-hybridized carbons (Fsp3) is 1.00. The van der Waals surface area contributed by atoms with E-state index >= 15 is 0 Å². The third-order valence-corrected chi connectivity index (χ3v) is 0.540. The number of nitrogens with zero attached hydrogens (tertiary/aromatic N) is 1. The van der Waals surface area contributed by atoms with Crippen LogP contribution in [0.2, 0.25) is 0 Å². The van der Waals surface area contributed by atoms with Gasteiger partial charge in [-0.25, -0.2) is 0 Å². The van der Waals surface area contributed by atoms with Crippen molar-refractivity contribution < 1.29 is 33.5 Å². The average molecular weight is 331 g/mol. The first kappa shape index (κ1) is 16.4. The Morgan fingerprint density at radius 2 is 1.33 bits per heavy atom. The van der Waals surface area contributed by atoms with Crippen molar-refractivity contribution in [3.8, 4) is 0 Å². The fourth-order valence-corrected chi connectivity index (χ4v) is 0.270. The molecule has 0 aromatic carbocycles. The number of hydrogen-bond acceptors (Lipinski definition) is 0. The first-order valence-electron chi connectivity index (χ1n) is 2.34. The van der Waals surface area contributed by atoms with Crippen LogP contribution in [0.15, 0.2) is 0 Å². The predicted molar refractivity (Wildman–Crippen MR) is 31.5 cm³/mol. The molecule has 0 radical (unpaired) electrons. The summed E-state index contributed by atoms with van der Waals surface area (Å²) in [6, 6.07) is 0. The maximum Gasteiger partial charge on any atom is 4.00 e. The van der Waals surface area contributed by atoms with Crippen molar-refractivity contribution in [1.29, 1.82) is 0 Å². The third-order valence-electron chi connectivity index (χ3n) is 0.540. The molecular weight excluding hydrogens is 321 g/mol. The monoisotopic (exact) mass is 330 g/mol. The van der Waals surface area contributed by atoms with Gasteiger partial charge in [-0.15, -0.1) is 0 Å². The fourth-order valence-electron chi connectivity index (χ4n) is 0.270. The van der Waals surface area contributed by atoms with Crippen LogP contribution in [-0.2, 0) is 21.1 Å². The topological polar surface area (TPSA) is 61.7 Å². The van der Waals surface area contributed by atoms with Crippen LogP contribution >= 0.6 is 0 Å². The Hall–Kier alpha value is 0.858. The largest absolute Gasteiger partial charge is 4.00 e. The Bertz CT molecular complexity index is 35.0. The Morgan fingerprint density at radius 1 is 1.00 bits per heavy atom. The molecule has 0 unspecified atom stereocenters. The maximum absolute atomic E-state index is 6.63. The number of nitrogens with one attached hydrogen (secondary N) is 2. The molecule has 0 bridgehead atoms. The van der Waals surface area contributed by atoms with Crippen molar-refractivity contribution in [2.24, 2.45) is 0 Å². The van der Waals surface area contributed by atoms with Gasteiger partial charge in [-0.1, -0.05) is 0 Å². The molecule has 0 saturated carbocycles. The smallest absolute Gasteiger partial charge is 1.00 e. The van der Waals surface area contributed by atoms with Gasteiger partial charge in [0.05, 0.1) is 0 Å². The Labute approximate surface area is 76.6 Å². The van der Waals surface area contributed by atoms with Crippen LogP contribution in [0, 0.1) is 0 Å². The van der Waals surface area contributed by atoms with Gasteiger partial charge in [0.2, 0.25) is 0 Å². The molecule has 0 fully saturated rings. The van der Waals surface area contributed by atoms with Crippen LogP contribution < -0.4 is 12.4 Å². The second-order valence-corrected chi connectivity index (χ2v) is 1.17. The minimum atomic E-state index is 0. The van der Waals surface area contributed by atoms with Crippen LogP contribution in [0.1, 0.15) is 0 Å². The van der Waals surface area contributed by atoms with Gasteiger partial charge in [-0.05, 0) is 0 Å². The van der Waals surface area contributed by atoms with E-state index in [0.29, 0.717) is 26.2 Å². The Balaban J connectivity index is -0.000000180. The number of halogens is 1. The first-order chi connectivity index (χ1) is 3.41. The van der Waals surface area contributed by atoms with E-state index in [1.165, 1.54) is 0 Å². The quantitative estimate of drug-likeness (QED) is 0.561. The van der Waals surface area contributed by atoms with Crippen LogP contribution in [0.3, 0.4) is 0 Å². The molecule has 0 rings (SSSR count).